The molecule has 1 aromatic heterocycles. The molecule has 0 aliphatic heterocycles. The van der Waals surface area contributed by atoms with Gasteiger partial charge in [-0.15, -0.1) is 0 Å². The lowest BCUT2D eigenvalue weighted by Gasteiger charge is -2.15. The SMILES string of the molecule is Cc1cc(C(Cc2cc(F)ccc2C)NN)co1. The third-order valence-electron chi connectivity index (χ3n) is 3.09. The number of nitrogens with two attached hydrogens (primary N) is 1. The third-order valence-corrected chi connectivity index (χ3v) is 3.09. The predicted molar refractivity (Wildman–Crippen MR) is 68.4 cm³/mol. The molecule has 2 rings (SSSR count). The number of hydrogen-bond acceptors (Lipinski definition) is 3. The van der Waals surface area contributed by atoms with E-state index < -0.39 is 0 Å². The quantitative estimate of drug-likeness (QED) is 0.646. The lowest BCUT2D eigenvalue weighted by Crippen LogP contribution is -2.29. The third kappa shape index (κ3) is 2.78. The molecule has 2 aromatic rings. The summed E-state index contributed by atoms with van der Waals surface area (Å²) in [4.78, 5) is 0. The molecular formula is C14H17FN2O. The Balaban J connectivity index is 2.22. The molecule has 0 spiro atoms. The van der Waals surface area contributed by atoms with Gasteiger partial charge in [0, 0.05) is 5.56 Å². The molecule has 96 valence electrons. The summed E-state index contributed by atoms with van der Waals surface area (Å²) < 4.78 is 18.5. The van der Waals surface area contributed by atoms with E-state index in [2.05, 4.69) is 5.43 Å². The van der Waals surface area contributed by atoms with E-state index in [1.807, 2.05) is 19.9 Å². The highest BCUT2D eigenvalue weighted by Crippen LogP contribution is 2.22. The predicted octanol–water partition coefficient (Wildman–Crippen LogP) is 2.78. The molecule has 0 bridgehead atoms. The molecule has 0 amide bonds. The van der Waals surface area contributed by atoms with E-state index in [1.165, 1.54) is 6.07 Å². The highest BCUT2D eigenvalue weighted by molar-refractivity contribution is 5.29. The van der Waals surface area contributed by atoms with Crippen molar-refractivity contribution in [2.75, 3.05) is 0 Å². The van der Waals surface area contributed by atoms with Crippen LogP contribution in [-0.4, -0.2) is 0 Å². The largest absolute Gasteiger partial charge is 0.469 e. The van der Waals surface area contributed by atoms with Crippen LogP contribution in [0.25, 0.3) is 0 Å². The fourth-order valence-corrected chi connectivity index (χ4v) is 2.00. The van der Waals surface area contributed by atoms with Gasteiger partial charge in [-0.25, -0.2) is 4.39 Å². The van der Waals surface area contributed by atoms with Gasteiger partial charge in [0.1, 0.15) is 11.6 Å². The van der Waals surface area contributed by atoms with Crippen LogP contribution in [0.2, 0.25) is 0 Å². The molecule has 1 heterocycles. The Hall–Kier alpha value is -1.65. The van der Waals surface area contributed by atoms with E-state index in [1.54, 1.807) is 18.4 Å². The van der Waals surface area contributed by atoms with Gasteiger partial charge < -0.3 is 4.42 Å². The van der Waals surface area contributed by atoms with E-state index in [0.29, 0.717) is 6.42 Å². The van der Waals surface area contributed by atoms with Gasteiger partial charge in [0.25, 0.3) is 0 Å². The molecular weight excluding hydrogens is 231 g/mol. The molecule has 0 radical (unpaired) electrons. The van der Waals surface area contributed by atoms with Gasteiger partial charge in [0.15, 0.2) is 0 Å². The van der Waals surface area contributed by atoms with E-state index >= 15 is 0 Å². The zero-order chi connectivity index (χ0) is 13.1. The first-order valence-electron chi connectivity index (χ1n) is 5.86. The highest BCUT2D eigenvalue weighted by atomic mass is 19.1. The van der Waals surface area contributed by atoms with E-state index in [0.717, 1.165) is 22.5 Å². The summed E-state index contributed by atoms with van der Waals surface area (Å²) in [6.07, 6.45) is 2.30. The summed E-state index contributed by atoms with van der Waals surface area (Å²) in [7, 11) is 0. The van der Waals surface area contributed by atoms with Crippen LogP contribution in [0.15, 0.2) is 34.9 Å². The average molecular weight is 248 g/mol. The summed E-state index contributed by atoms with van der Waals surface area (Å²) in [6.45, 7) is 3.84. The molecule has 4 heteroatoms. The Morgan fingerprint density at radius 1 is 1.33 bits per heavy atom. The Bertz CT molecular complexity index is 536. The molecule has 1 atom stereocenters. The molecule has 3 nitrogen and oxygen atoms in total. The second-order valence-corrected chi connectivity index (χ2v) is 4.48. The van der Waals surface area contributed by atoms with Gasteiger partial charge >= 0.3 is 0 Å². The average Bonchev–Trinajstić information content (AvgIpc) is 2.77. The number of aryl methyl sites for hydroxylation is 2. The fourth-order valence-electron chi connectivity index (χ4n) is 2.00. The summed E-state index contributed by atoms with van der Waals surface area (Å²) in [5.74, 6) is 6.17. The first-order chi connectivity index (χ1) is 8.60. The molecule has 1 unspecified atom stereocenters. The molecule has 0 aliphatic carbocycles. The van der Waals surface area contributed by atoms with Crippen LogP contribution in [0.4, 0.5) is 4.39 Å². The van der Waals surface area contributed by atoms with Crippen LogP contribution in [0.5, 0.6) is 0 Å². The smallest absolute Gasteiger partial charge is 0.123 e. The molecule has 0 fully saturated rings. The minimum absolute atomic E-state index is 0.0806. The molecule has 0 saturated carbocycles. The van der Waals surface area contributed by atoms with Crippen molar-refractivity contribution in [3.8, 4) is 0 Å². The number of benzene rings is 1. The van der Waals surface area contributed by atoms with Crippen LogP contribution >= 0.6 is 0 Å². The van der Waals surface area contributed by atoms with Crippen LogP contribution < -0.4 is 11.3 Å². The number of furan rings is 1. The van der Waals surface area contributed by atoms with Crippen molar-refractivity contribution in [1.29, 1.82) is 0 Å². The van der Waals surface area contributed by atoms with Crippen LogP contribution in [0.1, 0.15) is 28.5 Å². The number of halogens is 1. The normalized spacial score (nSPS) is 12.7. The summed E-state index contributed by atoms with van der Waals surface area (Å²) in [5, 5.41) is 0. The van der Waals surface area contributed by atoms with Gasteiger partial charge in [0.2, 0.25) is 0 Å². The first kappa shape index (κ1) is 12.8. The van der Waals surface area contributed by atoms with E-state index in [9.17, 15) is 4.39 Å². The maximum Gasteiger partial charge on any atom is 0.123 e. The van der Waals surface area contributed by atoms with Crippen molar-refractivity contribution < 1.29 is 8.81 Å². The Morgan fingerprint density at radius 3 is 2.72 bits per heavy atom. The van der Waals surface area contributed by atoms with Gasteiger partial charge in [-0.05, 0) is 49.6 Å². The monoisotopic (exact) mass is 248 g/mol. The Labute approximate surface area is 106 Å². The Kier molecular flexibility index (Phi) is 3.79. The van der Waals surface area contributed by atoms with Crippen molar-refractivity contribution in [2.45, 2.75) is 26.3 Å². The van der Waals surface area contributed by atoms with Crippen molar-refractivity contribution in [1.82, 2.24) is 5.43 Å². The van der Waals surface area contributed by atoms with Crippen molar-refractivity contribution in [3.63, 3.8) is 0 Å². The molecule has 0 saturated heterocycles. The van der Waals surface area contributed by atoms with Crippen LogP contribution in [0.3, 0.4) is 0 Å². The molecule has 1 aromatic carbocycles. The minimum atomic E-state index is -0.227. The summed E-state index contributed by atoms with van der Waals surface area (Å²) >= 11 is 0. The topological polar surface area (TPSA) is 51.2 Å². The first-order valence-corrected chi connectivity index (χ1v) is 5.86. The van der Waals surface area contributed by atoms with Crippen LogP contribution in [0, 0.1) is 19.7 Å². The zero-order valence-corrected chi connectivity index (χ0v) is 10.5. The molecule has 3 N–H and O–H groups in total. The van der Waals surface area contributed by atoms with Gasteiger partial charge in [-0.3, -0.25) is 11.3 Å². The second-order valence-electron chi connectivity index (χ2n) is 4.48. The van der Waals surface area contributed by atoms with Crippen molar-refractivity contribution in [3.05, 3.63) is 58.8 Å². The van der Waals surface area contributed by atoms with E-state index in [-0.39, 0.29) is 11.9 Å². The minimum Gasteiger partial charge on any atom is -0.469 e. The second kappa shape index (κ2) is 5.33. The maximum absolute atomic E-state index is 13.2. The molecule has 18 heavy (non-hydrogen) atoms. The standard InChI is InChI=1S/C14H17FN2O/c1-9-3-4-13(15)6-11(9)7-14(17-16)12-5-10(2)18-8-12/h3-6,8,14,17H,7,16H2,1-2H3. The van der Waals surface area contributed by atoms with E-state index in [4.69, 9.17) is 10.3 Å². The lowest BCUT2D eigenvalue weighted by atomic mass is 9.98. The van der Waals surface area contributed by atoms with Gasteiger partial charge in [-0.2, -0.15) is 0 Å². The number of rotatable bonds is 4. The highest BCUT2D eigenvalue weighted by Gasteiger charge is 2.14. The van der Waals surface area contributed by atoms with Crippen molar-refractivity contribution in [2.24, 2.45) is 5.84 Å². The maximum atomic E-state index is 13.2. The number of hydrazine groups is 1. The summed E-state index contributed by atoms with van der Waals surface area (Å²) in [6, 6.07) is 6.64. The molecule has 0 aliphatic rings. The lowest BCUT2D eigenvalue weighted by molar-refractivity contribution is 0.510. The van der Waals surface area contributed by atoms with Crippen LogP contribution in [-0.2, 0) is 6.42 Å². The Morgan fingerprint density at radius 2 is 2.11 bits per heavy atom. The zero-order valence-electron chi connectivity index (χ0n) is 10.5. The van der Waals surface area contributed by atoms with Crippen molar-refractivity contribution >= 4 is 0 Å². The van der Waals surface area contributed by atoms with Gasteiger partial charge in [-0.1, -0.05) is 6.07 Å². The summed E-state index contributed by atoms with van der Waals surface area (Å²) in [5.41, 5.74) is 5.71. The number of nitrogens with one attached hydrogen (secondary N) is 1. The number of hydrogen-bond donors (Lipinski definition) is 2. The fraction of sp³-hybridized carbons (Fsp3) is 0.286. The van der Waals surface area contributed by atoms with Gasteiger partial charge in [0.05, 0.1) is 12.3 Å².